The highest BCUT2D eigenvalue weighted by Gasteiger charge is 2.35. The van der Waals surface area contributed by atoms with Crippen LogP contribution in [0.4, 0.5) is 4.79 Å². The Kier molecular flexibility index (Phi) is 5.60. The lowest BCUT2D eigenvalue weighted by atomic mass is 9.87. The van der Waals surface area contributed by atoms with Crippen molar-refractivity contribution in [2.75, 3.05) is 6.54 Å². The van der Waals surface area contributed by atoms with Crippen molar-refractivity contribution < 1.29 is 14.7 Å². The first-order chi connectivity index (χ1) is 8.41. The maximum atomic E-state index is 12.2. The zero-order valence-electron chi connectivity index (χ0n) is 12.8. The minimum atomic E-state index is -1.03. The summed E-state index contributed by atoms with van der Waals surface area (Å²) >= 11 is 0. The van der Waals surface area contributed by atoms with E-state index in [0.29, 0.717) is 6.54 Å². The highest BCUT2D eigenvalue weighted by atomic mass is 16.4. The van der Waals surface area contributed by atoms with Gasteiger partial charge in [-0.15, -0.1) is 6.58 Å². The summed E-state index contributed by atoms with van der Waals surface area (Å²) < 4.78 is 0. The van der Waals surface area contributed by atoms with Crippen LogP contribution in [0.15, 0.2) is 12.7 Å². The smallest absolute Gasteiger partial charge is 0.326 e. The molecule has 2 amide bonds. The maximum absolute atomic E-state index is 12.2. The Morgan fingerprint density at radius 1 is 1.26 bits per heavy atom. The van der Waals surface area contributed by atoms with E-state index in [1.165, 1.54) is 0 Å². The second kappa shape index (κ2) is 6.08. The minimum absolute atomic E-state index is 0.367. The van der Waals surface area contributed by atoms with E-state index in [-0.39, 0.29) is 0 Å². The predicted molar refractivity (Wildman–Crippen MR) is 76.1 cm³/mol. The molecule has 1 atom stereocenters. The fraction of sp³-hybridized carbons (Fsp3) is 0.714. The molecule has 0 saturated heterocycles. The Morgan fingerprint density at radius 3 is 2.00 bits per heavy atom. The molecule has 2 N–H and O–H groups in total. The molecule has 0 rings (SSSR count). The zero-order chi connectivity index (χ0) is 15.4. The van der Waals surface area contributed by atoms with Crippen molar-refractivity contribution >= 4 is 12.0 Å². The molecule has 0 fully saturated rings. The van der Waals surface area contributed by atoms with Crippen LogP contribution < -0.4 is 5.32 Å². The fourth-order valence-electron chi connectivity index (χ4n) is 1.64. The molecule has 0 radical (unpaired) electrons. The number of carbonyl (C=O) groups excluding carboxylic acids is 1. The van der Waals surface area contributed by atoms with Crippen LogP contribution in [0, 0.1) is 5.41 Å². The van der Waals surface area contributed by atoms with Gasteiger partial charge in [0.2, 0.25) is 0 Å². The van der Waals surface area contributed by atoms with Crippen molar-refractivity contribution in [3.63, 3.8) is 0 Å². The Balaban J connectivity index is 5.08. The molecule has 0 heterocycles. The summed E-state index contributed by atoms with van der Waals surface area (Å²) in [6.07, 6.45) is 1.62. The average molecular weight is 270 g/mol. The summed E-state index contributed by atoms with van der Waals surface area (Å²) in [7, 11) is 0. The average Bonchev–Trinajstić information content (AvgIpc) is 2.18. The van der Waals surface area contributed by atoms with Gasteiger partial charge >= 0.3 is 12.0 Å². The molecular formula is C14H26N2O3. The number of rotatable bonds is 4. The Bertz CT molecular complexity index is 351. The van der Waals surface area contributed by atoms with Gasteiger partial charge in [-0.1, -0.05) is 26.8 Å². The highest BCUT2D eigenvalue weighted by molar-refractivity contribution is 5.83. The standard InChI is InChI=1S/C14H26N2O3/c1-8-9-16(14(5,6)7)12(19)15-10(11(17)18)13(2,3)4/h8,10H,1,9H2,2-7H3,(H,15,19)(H,17,18). The van der Waals surface area contributed by atoms with Crippen LogP contribution in [0.3, 0.4) is 0 Å². The molecule has 0 aliphatic heterocycles. The van der Waals surface area contributed by atoms with E-state index >= 15 is 0 Å². The number of hydrogen-bond donors (Lipinski definition) is 2. The number of aliphatic carboxylic acids is 1. The number of nitrogens with zero attached hydrogens (tertiary/aromatic N) is 1. The third-order valence-electron chi connectivity index (χ3n) is 2.75. The normalized spacial score (nSPS) is 13.6. The van der Waals surface area contributed by atoms with Gasteiger partial charge in [0.05, 0.1) is 0 Å². The molecule has 0 aliphatic carbocycles. The summed E-state index contributed by atoms with van der Waals surface area (Å²) in [5.74, 6) is -1.03. The molecule has 19 heavy (non-hydrogen) atoms. The van der Waals surface area contributed by atoms with Gasteiger partial charge in [0.25, 0.3) is 0 Å². The van der Waals surface area contributed by atoms with Crippen molar-refractivity contribution in [3.8, 4) is 0 Å². The van der Waals surface area contributed by atoms with Gasteiger partial charge < -0.3 is 15.3 Å². The molecule has 0 aromatic carbocycles. The van der Waals surface area contributed by atoms with Crippen molar-refractivity contribution in [2.24, 2.45) is 5.41 Å². The van der Waals surface area contributed by atoms with Crippen molar-refractivity contribution in [2.45, 2.75) is 53.1 Å². The van der Waals surface area contributed by atoms with E-state index in [1.807, 2.05) is 20.8 Å². The highest BCUT2D eigenvalue weighted by Crippen LogP contribution is 2.21. The maximum Gasteiger partial charge on any atom is 0.326 e. The molecule has 0 spiro atoms. The fourth-order valence-corrected chi connectivity index (χ4v) is 1.64. The first-order valence-corrected chi connectivity index (χ1v) is 6.33. The summed E-state index contributed by atoms with van der Waals surface area (Å²) in [6, 6.07) is -1.33. The van der Waals surface area contributed by atoms with Crippen LogP contribution >= 0.6 is 0 Å². The van der Waals surface area contributed by atoms with Crippen LogP contribution in [0.1, 0.15) is 41.5 Å². The Labute approximate surface area is 115 Å². The third kappa shape index (κ3) is 5.32. The van der Waals surface area contributed by atoms with E-state index in [9.17, 15) is 14.7 Å². The lowest BCUT2D eigenvalue weighted by Crippen LogP contribution is -2.57. The van der Waals surface area contributed by atoms with Gasteiger partial charge in [-0.3, -0.25) is 0 Å². The Morgan fingerprint density at radius 2 is 1.74 bits per heavy atom. The third-order valence-corrected chi connectivity index (χ3v) is 2.75. The number of urea groups is 1. The number of carboxylic acids is 1. The molecule has 5 heteroatoms. The summed E-state index contributed by atoms with van der Waals surface area (Å²) in [4.78, 5) is 25.1. The van der Waals surface area contributed by atoms with Crippen molar-refractivity contribution in [1.82, 2.24) is 10.2 Å². The molecule has 0 saturated carbocycles. The summed E-state index contributed by atoms with van der Waals surface area (Å²) in [6.45, 7) is 15.0. The van der Waals surface area contributed by atoms with Gasteiger partial charge in [0, 0.05) is 12.1 Å². The van der Waals surface area contributed by atoms with Crippen LogP contribution in [0.2, 0.25) is 0 Å². The monoisotopic (exact) mass is 270 g/mol. The van der Waals surface area contributed by atoms with Crippen molar-refractivity contribution in [1.29, 1.82) is 0 Å². The van der Waals surface area contributed by atoms with Crippen molar-refractivity contribution in [3.05, 3.63) is 12.7 Å². The molecule has 0 bridgehead atoms. The quantitative estimate of drug-likeness (QED) is 0.771. The number of carbonyl (C=O) groups is 2. The molecule has 5 nitrogen and oxygen atoms in total. The van der Waals surface area contributed by atoms with E-state index < -0.39 is 29.0 Å². The predicted octanol–water partition coefficient (Wildman–Crippen LogP) is 2.48. The largest absolute Gasteiger partial charge is 0.480 e. The van der Waals surface area contributed by atoms with Gasteiger partial charge in [-0.2, -0.15) is 0 Å². The van der Waals surface area contributed by atoms with E-state index in [4.69, 9.17) is 0 Å². The van der Waals surface area contributed by atoms with Gasteiger partial charge in [0.1, 0.15) is 6.04 Å². The van der Waals surface area contributed by atoms with Gasteiger partial charge in [0.15, 0.2) is 0 Å². The first kappa shape index (κ1) is 17.5. The number of nitrogens with one attached hydrogen (secondary N) is 1. The molecule has 0 aromatic rings. The number of carboxylic acid groups (broad SMARTS) is 1. The van der Waals surface area contributed by atoms with Crippen LogP contribution in [0.25, 0.3) is 0 Å². The van der Waals surface area contributed by atoms with E-state index in [0.717, 1.165) is 0 Å². The summed E-state index contributed by atoms with van der Waals surface area (Å²) in [5, 5.41) is 11.8. The minimum Gasteiger partial charge on any atom is -0.480 e. The Hall–Kier alpha value is -1.52. The van der Waals surface area contributed by atoms with Gasteiger partial charge in [-0.25, -0.2) is 9.59 Å². The number of amides is 2. The van der Waals surface area contributed by atoms with E-state index in [1.54, 1.807) is 31.7 Å². The van der Waals surface area contributed by atoms with Crippen LogP contribution in [-0.2, 0) is 4.79 Å². The van der Waals surface area contributed by atoms with Crippen LogP contribution in [0.5, 0.6) is 0 Å². The SMILES string of the molecule is C=CCN(C(=O)NC(C(=O)O)C(C)(C)C)C(C)(C)C. The second-order valence-corrected chi connectivity index (χ2v) is 6.66. The zero-order valence-corrected chi connectivity index (χ0v) is 12.8. The molecule has 0 aromatic heterocycles. The lowest BCUT2D eigenvalue weighted by molar-refractivity contribution is -0.142. The molecular weight excluding hydrogens is 244 g/mol. The van der Waals surface area contributed by atoms with Gasteiger partial charge in [-0.05, 0) is 26.2 Å². The lowest BCUT2D eigenvalue weighted by Gasteiger charge is -2.37. The molecule has 0 aliphatic rings. The second-order valence-electron chi connectivity index (χ2n) is 6.66. The molecule has 1 unspecified atom stereocenters. The summed E-state index contributed by atoms with van der Waals surface area (Å²) in [5.41, 5.74) is -0.960. The number of hydrogen-bond acceptors (Lipinski definition) is 2. The van der Waals surface area contributed by atoms with E-state index in [2.05, 4.69) is 11.9 Å². The van der Waals surface area contributed by atoms with Crippen LogP contribution in [-0.4, -0.2) is 40.1 Å². The molecule has 110 valence electrons. The topological polar surface area (TPSA) is 69.6 Å². The first-order valence-electron chi connectivity index (χ1n) is 6.33.